The molecule has 1 heterocycles. The van der Waals surface area contributed by atoms with Crippen LogP contribution in [0.25, 0.3) is 0 Å². The maximum Gasteiger partial charge on any atom is 0.412 e. The van der Waals surface area contributed by atoms with Crippen molar-refractivity contribution >= 4 is 12.1 Å². The number of carbonyl (C=O) groups excluding carboxylic acids is 1. The van der Waals surface area contributed by atoms with Crippen molar-refractivity contribution in [1.29, 1.82) is 0 Å². The van der Waals surface area contributed by atoms with Crippen LogP contribution in [0.3, 0.4) is 0 Å². The van der Waals surface area contributed by atoms with E-state index in [0.29, 0.717) is 5.70 Å². The van der Waals surface area contributed by atoms with Gasteiger partial charge in [-0.25, -0.2) is 4.79 Å². The van der Waals surface area contributed by atoms with Crippen molar-refractivity contribution in [3.05, 3.63) is 95.8 Å². The van der Waals surface area contributed by atoms with E-state index in [9.17, 15) is 14.7 Å². The molecule has 0 saturated heterocycles. The van der Waals surface area contributed by atoms with Crippen LogP contribution in [0.4, 0.5) is 4.79 Å². The lowest BCUT2D eigenvalue weighted by molar-refractivity contribution is -0.138. The van der Waals surface area contributed by atoms with E-state index in [1.54, 1.807) is 17.2 Å². The average molecular weight is 364 g/mol. The van der Waals surface area contributed by atoms with Crippen LogP contribution >= 0.6 is 0 Å². The van der Waals surface area contributed by atoms with Gasteiger partial charge in [0.05, 0.1) is 11.7 Å². The van der Waals surface area contributed by atoms with Crippen molar-refractivity contribution in [2.45, 2.75) is 12.6 Å². The number of ether oxygens (including phenoxy) is 1. The summed E-state index contributed by atoms with van der Waals surface area (Å²) >= 11 is 0. The van der Waals surface area contributed by atoms with E-state index >= 15 is 0 Å². The Kier molecular flexibility index (Phi) is 5.89. The van der Waals surface area contributed by atoms with Gasteiger partial charge in [-0.05, 0) is 17.2 Å². The Bertz CT molecular complexity index is 847. The van der Waals surface area contributed by atoms with Gasteiger partial charge in [0.15, 0.2) is 0 Å². The largest absolute Gasteiger partial charge is 0.480 e. The zero-order chi connectivity index (χ0) is 19.1. The van der Waals surface area contributed by atoms with E-state index in [1.807, 2.05) is 66.7 Å². The van der Waals surface area contributed by atoms with Gasteiger partial charge in [-0.2, -0.15) is 0 Å². The van der Waals surface area contributed by atoms with Gasteiger partial charge in [0.2, 0.25) is 0 Å². The molecule has 2 aromatic rings. The first kappa shape index (κ1) is 18.3. The number of aliphatic carboxylic acids is 1. The second-order valence-electron chi connectivity index (χ2n) is 6.05. The third-order valence-corrected chi connectivity index (χ3v) is 4.04. The summed E-state index contributed by atoms with van der Waals surface area (Å²) < 4.78 is 5.20. The number of carboxylic acid groups (broad SMARTS) is 1. The summed E-state index contributed by atoms with van der Waals surface area (Å²) in [7, 11) is 0. The number of hydrogen-bond donors (Lipinski definition) is 2. The molecule has 1 aliphatic heterocycles. The zero-order valence-corrected chi connectivity index (χ0v) is 14.6. The maximum atomic E-state index is 12.0. The van der Waals surface area contributed by atoms with Gasteiger partial charge >= 0.3 is 12.1 Å². The zero-order valence-electron chi connectivity index (χ0n) is 14.6. The Labute approximate surface area is 157 Å². The van der Waals surface area contributed by atoms with E-state index in [-0.39, 0.29) is 19.2 Å². The van der Waals surface area contributed by atoms with Crippen molar-refractivity contribution in [1.82, 2.24) is 10.2 Å². The molecule has 2 N–H and O–H groups in total. The Morgan fingerprint density at radius 3 is 2.37 bits per heavy atom. The van der Waals surface area contributed by atoms with Gasteiger partial charge in [-0.15, -0.1) is 0 Å². The van der Waals surface area contributed by atoms with Crippen molar-refractivity contribution in [2.75, 3.05) is 6.54 Å². The normalized spacial score (nSPS) is 15.8. The number of alkyl carbamates (subject to hydrolysis) is 1. The molecule has 1 unspecified atom stereocenters. The highest BCUT2D eigenvalue weighted by atomic mass is 16.5. The minimum absolute atomic E-state index is 0.162. The van der Waals surface area contributed by atoms with Crippen LogP contribution in [-0.4, -0.2) is 28.6 Å². The summed E-state index contributed by atoms with van der Waals surface area (Å²) in [5.74, 6) is -0.950. The molecule has 6 nitrogen and oxygen atoms in total. The molecule has 2 aromatic carbocycles. The summed E-state index contributed by atoms with van der Waals surface area (Å²) in [5.41, 5.74) is 2.33. The van der Waals surface area contributed by atoms with Crippen molar-refractivity contribution < 1.29 is 19.4 Å². The molecule has 3 rings (SSSR count). The van der Waals surface area contributed by atoms with Crippen LogP contribution < -0.4 is 5.32 Å². The third-order valence-electron chi connectivity index (χ3n) is 4.04. The molecule has 0 fully saturated rings. The minimum atomic E-state index is -0.950. The van der Waals surface area contributed by atoms with Crippen LogP contribution in [0.5, 0.6) is 0 Å². The lowest BCUT2D eigenvalue weighted by Crippen LogP contribution is -2.33. The smallest absolute Gasteiger partial charge is 0.412 e. The van der Waals surface area contributed by atoms with Crippen molar-refractivity contribution in [3.8, 4) is 0 Å². The Morgan fingerprint density at radius 2 is 1.70 bits per heavy atom. The number of hydrogen-bond acceptors (Lipinski definition) is 4. The first-order chi connectivity index (χ1) is 13.1. The number of carbonyl (C=O) groups is 2. The summed E-state index contributed by atoms with van der Waals surface area (Å²) in [6.45, 7) is -0.0245. The summed E-state index contributed by atoms with van der Waals surface area (Å²) in [6, 6.07) is 18.7. The van der Waals surface area contributed by atoms with Crippen LogP contribution in [-0.2, 0) is 16.1 Å². The van der Waals surface area contributed by atoms with Gasteiger partial charge < -0.3 is 14.7 Å². The Balaban J connectivity index is 1.65. The molecule has 0 bridgehead atoms. The molecule has 1 atom stereocenters. The van der Waals surface area contributed by atoms with Gasteiger partial charge in [0.25, 0.3) is 0 Å². The van der Waals surface area contributed by atoms with Crippen LogP contribution in [0.1, 0.15) is 17.2 Å². The molecule has 0 aromatic heterocycles. The van der Waals surface area contributed by atoms with Gasteiger partial charge in [0, 0.05) is 6.20 Å². The Morgan fingerprint density at radius 1 is 1.04 bits per heavy atom. The molecule has 138 valence electrons. The summed E-state index contributed by atoms with van der Waals surface area (Å²) in [5, 5.41) is 11.8. The standard InChI is InChI=1S/C21H20N2O4/c24-20(25)14-23-13-18(11-12-19(23)17-9-5-2-6-10-17)22-21(26)27-15-16-7-3-1-4-8-16/h1-13,19H,14-15H2,(H,22,26)(H,24,25). The fraction of sp³-hybridized carbons (Fsp3) is 0.143. The van der Waals surface area contributed by atoms with Gasteiger partial charge in [-0.1, -0.05) is 66.7 Å². The van der Waals surface area contributed by atoms with E-state index in [0.717, 1.165) is 11.1 Å². The first-order valence-electron chi connectivity index (χ1n) is 8.52. The fourth-order valence-corrected chi connectivity index (χ4v) is 2.81. The molecular weight excluding hydrogens is 344 g/mol. The van der Waals surface area contributed by atoms with Crippen molar-refractivity contribution in [2.24, 2.45) is 0 Å². The van der Waals surface area contributed by atoms with Crippen LogP contribution in [0.2, 0.25) is 0 Å². The number of carboxylic acids is 1. The van der Waals surface area contributed by atoms with Crippen LogP contribution in [0, 0.1) is 0 Å². The third kappa shape index (κ3) is 5.22. The quantitative estimate of drug-likeness (QED) is 0.821. The number of nitrogens with zero attached hydrogens (tertiary/aromatic N) is 1. The number of benzene rings is 2. The SMILES string of the molecule is O=C(O)CN1C=C(NC(=O)OCc2ccccc2)C=CC1c1ccccc1. The highest BCUT2D eigenvalue weighted by Gasteiger charge is 2.21. The number of nitrogens with one attached hydrogen (secondary N) is 1. The van der Waals surface area contributed by atoms with E-state index in [2.05, 4.69) is 5.32 Å². The number of rotatable bonds is 6. The topological polar surface area (TPSA) is 78.9 Å². The monoisotopic (exact) mass is 364 g/mol. The molecular formula is C21H20N2O4. The van der Waals surface area contributed by atoms with E-state index < -0.39 is 12.1 Å². The molecule has 27 heavy (non-hydrogen) atoms. The van der Waals surface area contributed by atoms with Crippen LogP contribution in [0.15, 0.2) is 84.7 Å². The first-order valence-corrected chi connectivity index (χ1v) is 8.52. The molecule has 6 heteroatoms. The van der Waals surface area contributed by atoms with E-state index in [1.165, 1.54) is 0 Å². The highest BCUT2D eigenvalue weighted by Crippen LogP contribution is 2.26. The molecule has 0 spiro atoms. The van der Waals surface area contributed by atoms with Gasteiger partial charge in [0.1, 0.15) is 13.2 Å². The molecule has 1 amide bonds. The molecule has 0 aliphatic carbocycles. The highest BCUT2D eigenvalue weighted by molar-refractivity contribution is 5.71. The number of amides is 1. The predicted molar refractivity (Wildman–Crippen MR) is 101 cm³/mol. The Hall–Kier alpha value is -3.54. The van der Waals surface area contributed by atoms with Crippen molar-refractivity contribution in [3.63, 3.8) is 0 Å². The van der Waals surface area contributed by atoms with E-state index in [4.69, 9.17) is 4.74 Å². The lowest BCUT2D eigenvalue weighted by atomic mass is 10.0. The minimum Gasteiger partial charge on any atom is -0.480 e. The van der Waals surface area contributed by atoms with Gasteiger partial charge in [-0.3, -0.25) is 10.1 Å². The lowest BCUT2D eigenvalue weighted by Gasteiger charge is -2.31. The summed E-state index contributed by atoms with van der Waals surface area (Å²) in [4.78, 5) is 24.9. The molecule has 0 radical (unpaired) electrons. The maximum absolute atomic E-state index is 12.0. The second-order valence-corrected chi connectivity index (χ2v) is 6.05. The predicted octanol–water partition coefficient (Wildman–Crippen LogP) is 3.45. The molecule has 1 aliphatic rings. The number of allylic oxidation sites excluding steroid dienone is 1. The molecule has 0 saturated carbocycles. The summed E-state index contributed by atoms with van der Waals surface area (Å²) in [6.07, 6.45) is 4.63. The average Bonchev–Trinajstić information content (AvgIpc) is 2.68. The second kappa shape index (κ2) is 8.71. The fourth-order valence-electron chi connectivity index (χ4n) is 2.81.